The third kappa shape index (κ3) is 4.25. The minimum Gasteiger partial charge on any atom is -0.448 e. The van der Waals surface area contributed by atoms with Crippen LogP contribution in [0.1, 0.15) is 25.3 Å². The van der Waals surface area contributed by atoms with Gasteiger partial charge in [0, 0.05) is 12.3 Å². The summed E-state index contributed by atoms with van der Waals surface area (Å²) in [6, 6.07) is 6.07. The molecule has 6 nitrogen and oxygen atoms in total. The maximum atomic E-state index is 12.8. The second-order valence-electron chi connectivity index (χ2n) is 5.00. The normalized spacial score (nSPS) is 11.4. The number of ether oxygens (including phenoxy) is 1. The molecule has 0 unspecified atom stereocenters. The molecule has 0 aliphatic carbocycles. The highest BCUT2D eigenvalue weighted by atomic mass is 19.4. The van der Waals surface area contributed by atoms with Gasteiger partial charge < -0.3 is 4.74 Å². The highest BCUT2D eigenvalue weighted by Crippen LogP contribution is 2.30. The Labute approximate surface area is 136 Å². The van der Waals surface area contributed by atoms with Crippen molar-refractivity contribution in [3.63, 3.8) is 0 Å². The van der Waals surface area contributed by atoms with Gasteiger partial charge in [-0.3, -0.25) is 0 Å². The lowest BCUT2D eigenvalue weighted by Crippen LogP contribution is -2.38. The third-order valence-electron chi connectivity index (χ3n) is 3.18. The number of hydrogen-bond acceptors (Lipinski definition) is 4. The van der Waals surface area contributed by atoms with Crippen molar-refractivity contribution in [2.45, 2.75) is 25.9 Å². The minimum atomic E-state index is -4.45. The molecule has 0 aliphatic rings. The second kappa shape index (κ2) is 7.35. The van der Waals surface area contributed by atoms with E-state index in [1.807, 2.05) is 6.92 Å². The molecule has 1 aromatic heterocycles. The van der Waals surface area contributed by atoms with E-state index in [0.29, 0.717) is 11.4 Å². The van der Waals surface area contributed by atoms with Crippen LogP contribution in [0.15, 0.2) is 36.5 Å². The van der Waals surface area contributed by atoms with Gasteiger partial charge in [-0.2, -0.15) is 18.2 Å². The zero-order chi connectivity index (χ0) is 17.7. The molecule has 1 heterocycles. The molecule has 0 atom stereocenters. The Morgan fingerprint density at radius 2 is 2.12 bits per heavy atom. The molecule has 0 saturated heterocycles. The van der Waals surface area contributed by atoms with Crippen LogP contribution in [0.5, 0.6) is 0 Å². The second-order valence-corrected chi connectivity index (χ2v) is 5.00. The van der Waals surface area contributed by atoms with Crippen molar-refractivity contribution in [2.75, 3.05) is 11.6 Å². The number of amides is 1. The molecule has 2 aromatic rings. The van der Waals surface area contributed by atoms with Gasteiger partial charge in [0.05, 0.1) is 17.9 Å². The topological polar surface area (TPSA) is 73.4 Å². The van der Waals surface area contributed by atoms with E-state index >= 15 is 0 Å². The molecule has 130 valence electrons. The van der Waals surface area contributed by atoms with Gasteiger partial charge in [-0.1, -0.05) is 19.4 Å². The van der Waals surface area contributed by atoms with Crippen LogP contribution in [-0.2, 0) is 10.9 Å². The fourth-order valence-corrected chi connectivity index (χ4v) is 1.88. The smallest absolute Gasteiger partial charge is 0.430 e. The maximum absolute atomic E-state index is 12.8. The van der Waals surface area contributed by atoms with Gasteiger partial charge >= 0.3 is 12.3 Å². The SMILES string of the molecule is CCCCOC(=O)N(N)c1ccn(-c2cccc(C(F)(F)F)c2)n1. The Morgan fingerprint density at radius 1 is 1.38 bits per heavy atom. The predicted octanol–water partition coefficient (Wildman–Crippen LogP) is 3.51. The zero-order valence-corrected chi connectivity index (χ0v) is 13.0. The quantitative estimate of drug-likeness (QED) is 0.391. The molecular formula is C15H17F3N4O2. The number of unbranched alkanes of at least 4 members (excludes halogenated alkanes) is 1. The fraction of sp³-hybridized carbons (Fsp3) is 0.333. The number of nitrogens with two attached hydrogens (primary N) is 1. The summed E-state index contributed by atoms with van der Waals surface area (Å²) in [6.07, 6.45) is -2.25. The summed E-state index contributed by atoms with van der Waals surface area (Å²) in [7, 11) is 0. The van der Waals surface area contributed by atoms with Crippen molar-refractivity contribution < 1.29 is 22.7 Å². The molecule has 24 heavy (non-hydrogen) atoms. The zero-order valence-electron chi connectivity index (χ0n) is 13.0. The number of nitrogens with zero attached hydrogens (tertiary/aromatic N) is 3. The van der Waals surface area contributed by atoms with E-state index < -0.39 is 17.8 Å². The molecule has 0 saturated carbocycles. The summed E-state index contributed by atoms with van der Waals surface area (Å²) in [6.45, 7) is 2.18. The summed E-state index contributed by atoms with van der Waals surface area (Å²) in [4.78, 5) is 11.7. The summed E-state index contributed by atoms with van der Waals surface area (Å²) < 4.78 is 44.4. The average molecular weight is 342 g/mol. The first-order valence-electron chi connectivity index (χ1n) is 7.28. The van der Waals surface area contributed by atoms with Crippen LogP contribution in [0.3, 0.4) is 0 Å². The molecule has 2 N–H and O–H groups in total. The Bertz CT molecular complexity index is 700. The van der Waals surface area contributed by atoms with E-state index in [1.165, 1.54) is 29.1 Å². The Kier molecular flexibility index (Phi) is 5.45. The van der Waals surface area contributed by atoms with Crippen molar-refractivity contribution in [3.05, 3.63) is 42.1 Å². The summed E-state index contributed by atoms with van der Waals surface area (Å²) >= 11 is 0. The van der Waals surface area contributed by atoms with E-state index in [2.05, 4.69) is 5.10 Å². The molecule has 0 radical (unpaired) electrons. The van der Waals surface area contributed by atoms with Gasteiger partial charge in [0.2, 0.25) is 0 Å². The number of benzene rings is 1. The van der Waals surface area contributed by atoms with Gasteiger partial charge in [-0.15, -0.1) is 5.10 Å². The first-order valence-corrected chi connectivity index (χ1v) is 7.28. The fourth-order valence-electron chi connectivity index (χ4n) is 1.88. The molecule has 0 bridgehead atoms. The van der Waals surface area contributed by atoms with E-state index in [-0.39, 0.29) is 18.1 Å². The number of alkyl halides is 3. The van der Waals surface area contributed by atoms with Crippen molar-refractivity contribution in [2.24, 2.45) is 5.84 Å². The van der Waals surface area contributed by atoms with E-state index in [0.717, 1.165) is 18.6 Å². The molecule has 1 amide bonds. The van der Waals surface area contributed by atoms with Gasteiger partial charge in [-0.05, 0) is 24.6 Å². The van der Waals surface area contributed by atoms with Crippen LogP contribution in [0.2, 0.25) is 0 Å². The van der Waals surface area contributed by atoms with Crippen molar-refractivity contribution in [3.8, 4) is 5.69 Å². The van der Waals surface area contributed by atoms with Crippen LogP contribution in [0.25, 0.3) is 5.69 Å². The first-order chi connectivity index (χ1) is 11.3. The number of halogens is 3. The van der Waals surface area contributed by atoms with Crippen LogP contribution in [0, 0.1) is 0 Å². The predicted molar refractivity (Wildman–Crippen MR) is 81.5 cm³/mol. The number of hydrazine groups is 1. The van der Waals surface area contributed by atoms with Crippen molar-refractivity contribution >= 4 is 11.9 Å². The van der Waals surface area contributed by atoms with Crippen LogP contribution < -0.4 is 10.9 Å². The van der Waals surface area contributed by atoms with Crippen LogP contribution in [-0.4, -0.2) is 22.5 Å². The summed E-state index contributed by atoms with van der Waals surface area (Å²) in [5.41, 5.74) is -0.593. The molecule has 9 heteroatoms. The van der Waals surface area contributed by atoms with Gasteiger partial charge in [0.1, 0.15) is 0 Å². The van der Waals surface area contributed by atoms with E-state index in [4.69, 9.17) is 10.6 Å². The Morgan fingerprint density at radius 3 is 2.79 bits per heavy atom. The maximum Gasteiger partial charge on any atom is 0.430 e. The minimum absolute atomic E-state index is 0.0638. The highest BCUT2D eigenvalue weighted by Gasteiger charge is 2.30. The number of hydrogen-bond donors (Lipinski definition) is 1. The summed E-state index contributed by atoms with van der Waals surface area (Å²) in [5.74, 6) is 5.68. The standard InChI is InChI=1S/C15H17F3N4O2/c1-2-3-9-24-14(23)22(19)13-7-8-21(20-13)12-6-4-5-11(10-12)15(16,17)18/h4-8,10H,2-3,9,19H2,1H3. The molecule has 1 aromatic carbocycles. The molecule has 0 aliphatic heterocycles. The number of carbonyl (C=O) groups is 1. The van der Waals surface area contributed by atoms with Gasteiger partial charge in [-0.25, -0.2) is 15.3 Å². The number of rotatable bonds is 5. The van der Waals surface area contributed by atoms with Gasteiger partial charge in [0.25, 0.3) is 0 Å². The van der Waals surface area contributed by atoms with Crippen LogP contribution in [0.4, 0.5) is 23.8 Å². The number of aromatic nitrogens is 2. The Balaban J connectivity index is 2.14. The molecular weight excluding hydrogens is 325 g/mol. The lowest BCUT2D eigenvalue weighted by molar-refractivity contribution is -0.137. The Hall–Kier alpha value is -2.55. The molecule has 0 spiro atoms. The van der Waals surface area contributed by atoms with Crippen molar-refractivity contribution in [1.29, 1.82) is 0 Å². The monoisotopic (exact) mass is 342 g/mol. The van der Waals surface area contributed by atoms with Gasteiger partial charge in [0.15, 0.2) is 5.82 Å². The molecule has 0 fully saturated rings. The van der Waals surface area contributed by atoms with E-state index in [9.17, 15) is 18.0 Å². The summed E-state index contributed by atoms with van der Waals surface area (Å²) in [5, 5.41) is 4.71. The largest absolute Gasteiger partial charge is 0.448 e. The first kappa shape index (κ1) is 17.8. The van der Waals surface area contributed by atoms with E-state index in [1.54, 1.807) is 0 Å². The van der Waals surface area contributed by atoms with Crippen molar-refractivity contribution in [1.82, 2.24) is 9.78 Å². The lowest BCUT2D eigenvalue weighted by Gasteiger charge is -2.13. The number of anilines is 1. The third-order valence-corrected chi connectivity index (χ3v) is 3.18. The average Bonchev–Trinajstić information content (AvgIpc) is 3.03. The van der Waals surface area contributed by atoms with Crippen LogP contribution >= 0.6 is 0 Å². The molecule has 2 rings (SSSR count). The highest BCUT2D eigenvalue weighted by molar-refractivity contribution is 5.84. The number of carbonyl (C=O) groups excluding carboxylic acids is 1. The lowest BCUT2D eigenvalue weighted by atomic mass is 10.2.